The number of amides is 1. The maximum Gasteiger partial charge on any atom is 0.262 e. The lowest BCUT2D eigenvalue weighted by molar-refractivity contribution is -0.116. The van der Waals surface area contributed by atoms with Gasteiger partial charge in [0.25, 0.3) is 5.56 Å². The lowest BCUT2D eigenvalue weighted by atomic mass is 9.97. The second-order valence-electron chi connectivity index (χ2n) is 7.31. The molecule has 2 heterocycles. The molecule has 1 N–H and O–H groups in total. The van der Waals surface area contributed by atoms with Crippen LogP contribution in [-0.4, -0.2) is 15.5 Å². The summed E-state index contributed by atoms with van der Waals surface area (Å²) in [4.78, 5) is 31.9. The molecule has 0 saturated heterocycles. The van der Waals surface area contributed by atoms with E-state index in [9.17, 15) is 9.59 Å². The molecule has 3 aromatic rings. The molecule has 0 aliphatic heterocycles. The van der Waals surface area contributed by atoms with Gasteiger partial charge in [-0.05, 0) is 68.4 Å². The van der Waals surface area contributed by atoms with Gasteiger partial charge < -0.3 is 5.32 Å². The minimum absolute atomic E-state index is 0.0152. The first-order chi connectivity index (χ1) is 13.0. The van der Waals surface area contributed by atoms with Gasteiger partial charge in [0.2, 0.25) is 5.91 Å². The van der Waals surface area contributed by atoms with E-state index in [1.165, 1.54) is 16.9 Å². The van der Waals surface area contributed by atoms with Gasteiger partial charge in [-0.3, -0.25) is 14.2 Å². The van der Waals surface area contributed by atoms with Crippen LogP contribution in [-0.2, 0) is 24.2 Å². The number of hydrogen-bond acceptors (Lipinski definition) is 4. The van der Waals surface area contributed by atoms with Crippen molar-refractivity contribution < 1.29 is 4.79 Å². The third-order valence-corrected chi connectivity index (χ3v) is 6.23. The molecular weight excluding hydrogens is 358 g/mol. The molecule has 0 saturated carbocycles. The smallest absolute Gasteiger partial charge is 0.262 e. The minimum Gasteiger partial charge on any atom is -0.326 e. The molecule has 6 heteroatoms. The van der Waals surface area contributed by atoms with Crippen LogP contribution in [0.2, 0.25) is 0 Å². The number of aryl methyl sites for hydroxylation is 5. The number of carbonyl (C=O) groups excluding carboxylic acids is 1. The monoisotopic (exact) mass is 381 g/mol. The average molecular weight is 382 g/mol. The molecule has 4 rings (SSSR count). The highest BCUT2D eigenvalue weighted by atomic mass is 32.1. The van der Waals surface area contributed by atoms with Gasteiger partial charge in [-0.15, -0.1) is 11.3 Å². The Morgan fingerprint density at radius 2 is 1.93 bits per heavy atom. The quantitative estimate of drug-likeness (QED) is 0.743. The fourth-order valence-electron chi connectivity index (χ4n) is 3.83. The molecule has 5 nitrogen and oxygen atoms in total. The Morgan fingerprint density at radius 1 is 1.19 bits per heavy atom. The molecule has 0 spiro atoms. The van der Waals surface area contributed by atoms with Gasteiger partial charge in [-0.2, -0.15) is 0 Å². The maximum atomic E-state index is 12.9. The van der Waals surface area contributed by atoms with Gasteiger partial charge in [-0.25, -0.2) is 4.98 Å². The molecule has 0 atom stereocenters. The van der Waals surface area contributed by atoms with Crippen molar-refractivity contribution in [2.24, 2.45) is 0 Å². The van der Waals surface area contributed by atoms with E-state index in [-0.39, 0.29) is 17.9 Å². The van der Waals surface area contributed by atoms with E-state index in [0.717, 1.165) is 46.3 Å². The number of carbonyl (C=O) groups is 1. The van der Waals surface area contributed by atoms with Crippen molar-refractivity contribution in [1.29, 1.82) is 0 Å². The van der Waals surface area contributed by atoms with Crippen LogP contribution in [0.4, 0.5) is 5.69 Å². The number of benzene rings is 1. The van der Waals surface area contributed by atoms with Crippen molar-refractivity contribution in [3.05, 3.63) is 56.4 Å². The topological polar surface area (TPSA) is 64.0 Å². The standard InChI is InChI=1S/C21H23N3O2S/c1-13-9-14(2)11-15(10-13)23-18(25)7-8-24-12-22-20-19(21(24)26)16-5-3-4-6-17(16)27-20/h9-12H,3-8H2,1-2H3,(H,23,25). The SMILES string of the molecule is Cc1cc(C)cc(NC(=O)CCn2cnc3sc4c(c3c2=O)CCCC4)c1. The molecule has 0 unspecified atom stereocenters. The van der Waals surface area contributed by atoms with Crippen LogP contribution in [0, 0.1) is 13.8 Å². The molecule has 1 aliphatic rings. The van der Waals surface area contributed by atoms with Gasteiger partial charge in [0.05, 0.1) is 11.7 Å². The molecule has 0 fully saturated rings. The number of rotatable bonds is 4. The third-order valence-electron chi connectivity index (χ3n) is 5.03. The largest absolute Gasteiger partial charge is 0.326 e. The zero-order chi connectivity index (χ0) is 19.0. The highest BCUT2D eigenvalue weighted by Crippen LogP contribution is 2.33. The van der Waals surface area contributed by atoms with E-state index >= 15 is 0 Å². The summed E-state index contributed by atoms with van der Waals surface area (Å²) in [6, 6.07) is 5.96. The molecule has 1 amide bonds. The van der Waals surface area contributed by atoms with Crippen molar-refractivity contribution in [2.45, 2.75) is 52.5 Å². The molecule has 27 heavy (non-hydrogen) atoms. The van der Waals surface area contributed by atoms with E-state index in [1.807, 2.05) is 26.0 Å². The van der Waals surface area contributed by atoms with Gasteiger partial charge in [-0.1, -0.05) is 6.07 Å². The Bertz CT molecular complexity index is 1060. The molecule has 1 aliphatic carbocycles. The van der Waals surface area contributed by atoms with Gasteiger partial charge in [0.15, 0.2) is 0 Å². The lowest BCUT2D eigenvalue weighted by Gasteiger charge is -2.11. The Hall–Kier alpha value is -2.47. The van der Waals surface area contributed by atoms with Crippen LogP contribution in [0.15, 0.2) is 29.3 Å². The number of fused-ring (bicyclic) bond motifs is 3. The van der Waals surface area contributed by atoms with Crippen LogP contribution < -0.4 is 10.9 Å². The third kappa shape index (κ3) is 3.67. The van der Waals surface area contributed by atoms with Crippen molar-refractivity contribution in [3.8, 4) is 0 Å². The number of thiophene rings is 1. The van der Waals surface area contributed by atoms with Crippen molar-refractivity contribution in [2.75, 3.05) is 5.32 Å². The summed E-state index contributed by atoms with van der Waals surface area (Å²) < 4.78 is 1.57. The molecule has 0 bridgehead atoms. The first-order valence-electron chi connectivity index (χ1n) is 9.39. The van der Waals surface area contributed by atoms with Crippen LogP contribution in [0.25, 0.3) is 10.2 Å². The predicted octanol–water partition coefficient (Wildman–Crippen LogP) is 3.98. The Labute approximate surface area is 162 Å². The van der Waals surface area contributed by atoms with Crippen LogP contribution in [0.1, 0.15) is 40.8 Å². The van der Waals surface area contributed by atoms with Crippen molar-refractivity contribution in [1.82, 2.24) is 9.55 Å². The van der Waals surface area contributed by atoms with Crippen molar-refractivity contribution in [3.63, 3.8) is 0 Å². The molecule has 140 valence electrons. The average Bonchev–Trinajstić information content (AvgIpc) is 2.99. The Balaban J connectivity index is 1.51. The fourth-order valence-corrected chi connectivity index (χ4v) is 5.05. The van der Waals surface area contributed by atoms with Crippen LogP contribution in [0.5, 0.6) is 0 Å². The van der Waals surface area contributed by atoms with E-state index in [4.69, 9.17) is 0 Å². The van der Waals surface area contributed by atoms with E-state index in [0.29, 0.717) is 6.54 Å². The van der Waals surface area contributed by atoms with Gasteiger partial charge >= 0.3 is 0 Å². The summed E-state index contributed by atoms with van der Waals surface area (Å²) in [6.07, 6.45) is 6.15. The first-order valence-corrected chi connectivity index (χ1v) is 10.2. The van der Waals surface area contributed by atoms with E-state index < -0.39 is 0 Å². The first kappa shape index (κ1) is 17.9. The number of hydrogen-bond donors (Lipinski definition) is 1. The minimum atomic E-state index is -0.0978. The van der Waals surface area contributed by atoms with Gasteiger partial charge in [0.1, 0.15) is 4.83 Å². The Kier molecular flexibility index (Phi) is 4.83. The summed E-state index contributed by atoms with van der Waals surface area (Å²) in [7, 11) is 0. The lowest BCUT2D eigenvalue weighted by Crippen LogP contribution is -2.24. The predicted molar refractivity (Wildman–Crippen MR) is 110 cm³/mol. The number of nitrogens with one attached hydrogen (secondary N) is 1. The number of anilines is 1. The number of nitrogens with zero attached hydrogens (tertiary/aromatic N) is 2. The molecule has 1 aromatic carbocycles. The second-order valence-corrected chi connectivity index (χ2v) is 8.39. The van der Waals surface area contributed by atoms with Crippen LogP contribution >= 0.6 is 11.3 Å². The van der Waals surface area contributed by atoms with Crippen LogP contribution in [0.3, 0.4) is 0 Å². The van der Waals surface area contributed by atoms with Gasteiger partial charge in [0, 0.05) is 23.5 Å². The number of aromatic nitrogens is 2. The zero-order valence-corrected chi connectivity index (χ0v) is 16.5. The highest BCUT2D eigenvalue weighted by molar-refractivity contribution is 7.18. The highest BCUT2D eigenvalue weighted by Gasteiger charge is 2.20. The summed E-state index contributed by atoms with van der Waals surface area (Å²) in [5.74, 6) is -0.0978. The summed E-state index contributed by atoms with van der Waals surface area (Å²) in [5.41, 5.74) is 4.19. The summed E-state index contributed by atoms with van der Waals surface area (Å²) >= 11 is 1.65. The molecular formula is C21H23N3O2S. The molecule has 0 radical (unpaired) electrons. The maximum absolute atomic E-state index is 12.9. The van der Waals surface area contributed by atoms with E-state index in [1.54, 1.807) is 22.2 Å². The second kappa shape index (κ2) is 7.27. The zero-order valence-electron chi connectivity index (χ0n) is 15.7. The van der Waals surface area contributed by atoms with E-state index in [2.05, 4.69) is 16.4 Å². The normalized spacial score (nSPS) is 13.6. The molecule has 2 aromatic heterocycles. The summed E-state index contributed by atoms with van der Waals surface area (Å²) in [6.45, 7) is 4.35. The fraction of sp³-hybridized carbons (Fsp3) is 0.381. The summed E-state index contributed by atoms with van der Waals surface area (Å²) in [5, 5.41) is 3.69. The Morgan fingerprint density at radius 3 is 2.70 bits per heavy atom. The van der Waals surface area contributed by atoms with Crippen molar-refractivity contribution >= 4 is 33.1 Å².